The van der Waals surface area contributed by atoms with E-state index in [0.717, 1.165) is 0 Å². The summed E-state index contributed by atoms with van der Waals surface area (Å²) in [7, 11) is 3.13. The van der Waals surface area contributed by atoms with Gasteiger partial charge in [-0.25, -0.2) is 9.97 Å². The molecule has 0 aliphatic carbocycles. The van der Waals surface area contributed by atoms with Crippen LogP contribution in [0.3, 0.4) is 0 Å². The Balaban J connectivity index is 1.65. The van der Waals surface area contributed by atoms with Crippen molar-refractivity contribution in [2.24, 2.45) is 0 Å². The molecule has 0 bridgehead atoms. The number of hydrogen-bond acceptors (Lipinski definition) is 6. The second kappa shape index (κ2) is 8.37. The highest BCUT2D eigenvalue weighted by Crippen LogP contribution is 2.28. The zero-order valence-corrected chi connectivity index (χ0v) is 15.4. The van der Waals surface area contributed by atoms with Crippen molar-refractivity contribution in [3.8, 4) is 11.5 Å². The lowest BCUT2D eigenvalue weighted by Gasteiger charge is -2.09. The molecule has 138 valence electrons. The van der Waals surface area contributed by atoms with Gasteiger partial charge in [-0.2, -0.15) is 0 Å². The van der Waals surface area contributed by atoms with Gasteiger partial charge in [0.2, 0.25) is 5.95 Å². The first kappa shape index (κ1) is 18.5. The van der Waals surface area contributed by atoms with Crippen molar-refractivity contribution in [1.82, 2.24) is 9.97 Å². The first-order valence-corrected chi connectivity index (χ1v) is 8.35. The summed E-state index contributed by atoms with van der Waals surface area (Å²) in [5, 5.41) is 6.26. The van der Waals surface area contributed by atoms with Crippen molar-refractivity contribution in [3.63, 3.8) is 0 Å². The van der Waals surface area contributed by atoms with E-state index in [-0.39, 0.29) is 5.91 Å². The molecule has 3 aromatic rings. The smallest absolute Gasteiger partial charge is 0.258 e. The molecule has 8 heteroatoms. The third-order valence-corrected chi connectivity index (χ3v) is 3.97. The molecule has 1 amide bonds. The number of aromatic nitrogens is 2. The fourth-order valence-corrected chi connectivity index (χ4v) is 2.52. The van der Waals surface area contributed by atoms with Gasteiger partial charge in [-0.15, -0.1) is 0 Å². The van der Waals surface area contributed by atoms with E-state index in [1.165, 1.54) is 12.4 Å². The molecule has 0 unspecified atom stereocenters. The highest BCUT2D eigenvalue weighted by atomic mass is 35.5. The van der Waals surface area contributed by atoms with Crippen LogP contribution in [-0.4, -0.2) is 30.1 Å². The lowest BCUT2D eigenvalue weighted by atomic mass is 10.2. The molecule has 0 saturated heterocycles. The van der Waals surface area contributed by atoms with E-state index in [1.54, 1.807) is 56.7 Å². The van der Waals surface area contributed by atoms with Gasteiger partial charge in [0, 0.05) is 23.8 Å². The number of carbonyl (C=O) groups is 1. The molecule has 7 nitrogen and oxygen atoms in total. The Labute approximate surface area is 161 Å². The quantitative estimate of drug-likeness (QED) is 0.664. The van der Waals surface area contributed by atoms with E-state index in [4.69, 9.17) is 21.1 Å². The number of nitrogens with zero attached hydrogens (tertiary/aromatic N) is 2. The van der Waals surface area contributed by atoms with Crippen molar-refractivity contribution < 1.29 is 14.3 Å². The topological polar surface area (TPSA) is 85.4 Å². The fourth-order valence-electron chi connectivity index (χ4n) is 2.26. The van der Waals surface area contributed by atoms with Crippen LogP contribution in [-0.2, 0) is 0 Å². The van der Waals surface area contributed by atoms with E-state index in [2.05, 4.69) is 20.6 Å². The highest BCUT2D eigenvalue weighted by Gasteiger charge is 2.09. The minimum atomic E-state index is -0.306. The van der Waals surface area contributed by atoms with Crippen molar-refractivity contribution in [3.05, 3.63) is 65.4 Å². The molecule has 0 aliphatic rings. The number of amides is 1. The Kier molecular flexibility index (Phi) is 5.73. The molecule has 2 aromatic carbocycles. The highest BCUT2D eigenvalue weighted by molar-refractivity contribution is 6.32. The first-order valence-electron chi connectivity index (χ1n) is 7.97. The average molecular weight is 385 g/mol. The van der Waals surface area contributed by atoms with E-state index in [1.807, 2.05) is 0 Å². The van der Waals surface area contributed by atoms with Crippen molar-refractivity contribution >= 4 is 34.8 Å². The summed E-state index contributed by atoms with van der Waals surface area (Å²) in [6.45, 7) is 0. The lowest BCUT2D eigenvalue weighted by molar-refractivity contribution is 0.102. The number of rotatable bonds is 6. The van der Waals surface area contributed by atoms with E-state index < -0.39 is 0 Å². The maximum absolute atomic E-state index is 12.3. The van der Waals surface area contributed by atoms with Crippen LogP contribution >= 0.6 is 11.6 Å². The zero-order valence-electron chi connectivity index (χ0n) is 14.7. The SMILES string of the molecule is COc1ccc(NC(=O)c2cnc(Nc3ccc(OC)c(Cl)c3)nc2)cc1. The van der Waals surface area contributed by atoms with Crippen LogP contribution in [0.2, 0.25) is 5.02 Å². The minimum Gasteiger partial charge on any atom is -0.497 e. The normalized spacial score (nSPS) is 10.2. The third kappa shape index (κ3) is 4.65. The summed E-state index contributed by atoms with van der Waals surface area (Å²) < 4.78 is 10.2. The summed E-state index contributed by atoms with van der Waals surface area (Å²) in [6.07, 6.45) is 2.89. The predicted octanol–water partition coefficient (Wildman–Crippen LogP) is 4.14. The number of methoxy groups -OCH3 is 2. The molecule has 3 rings (SSSR count). The van der Waals surface area contributed by atoms with Gasteiger partial charge in [-0.1, -0.05) is 11.6 Å². The molecule has 0 saturated carbocycles. The number of nitrogens with one attached hydrogen (secondary N) is 2. The van der Waals surface area contributed by atoms with Crippen molar-refractivity contribution in [1.29, 1.82) is 0 Å². The van der Waals surface area contributed by atoms with Gasteiger partial charge < -0.3 is 20.1 Å². The Morgan fingerprint density at radius 1 is 0.963 bits per heavy atom. The number of hydrogen-bond donors (Lipinski definition) is 2. The van der Waals surface area contributed by atoms with Gasteiger partial charge in [0.25, 0.3) is 5.91 Å². The molecular weight excluding hydrogens is 368 g/mol. The maximum atomic E-state index is 12.3. The summed E-state index contributed by atoms with van der Waals surface area (Å²) >= 11 is 6.09. The number of halogens is 1. The molecule has 2 N–H and O–H groups in total. The second-order valence-electron chi connectivity index (χ2n) is 5.45. The molecule has 27 heavy (non-hydrogen) atoms. The molecule has 0 fully saturated rings. The number of anilines is 3. The van der Waals surface area contributed by atoms with Gasteiger partial charge in [0.05, 0.1) is 24.8 Å². The molecule has 0 radical (unpaired) electrons. The van der Waals surface area contributed by atoms with Crippen molar-refractivity contribution in [2.75, 3.05) is 24.9 Å². The van der Waals surface area contributed by atoms with Gasteiger partial charge in [0.1, 0.15) is 11.5 Å². The molecule has 0 aliphatic heterocycles. The standard InChI is InChI=1S/C19H17ClN4O3/c1-26-15-6-3-13(4-7-15)23-18(25)12-10-21-19(22-11-12)24-14-5-8-17(27-2)16(20)9-14/h3-11H,1-2H3,(H,23,25)(H,21,22,24). The number of carbonyl (C=O) groups excluding carboxylic acids is 1. The van der Waals surface area contributed by atoms with Crippen LogP contribution < -0.4 is 20.1 Å². The molecule has 0 atom stereocenters. The van der Waals surface area contributed by atoms with E-state index >= 15 is 0 Å². The van der Waals surface area contributed by atoms with Gasteiger partial charge >= 0.3 is 0 Å². The monoisotopic (exact) mass is 384 g/mol. The van der Waals surface area contributed by atoms with Crippen LogP contribution in [0.4, 0.5) is 17.3 Å². The van der Waals surface area contributed by atoms with Crippen LogP contribution in [0.1, 0.15) is 10.4 Å². The Morgan fingerprint density at radius 2 is 1.63 bits per heavy atom. The van der Waals surface area contributed by atoms with Crippen molar-refractivity contribution in [2.45, 2.75) is 0 Å². The summed E-state index contributed by atoms with van der Waals surface area (Å²) in [4.78, 5) is 20.6. The Morgan fingerprint density at radius 3 is 2.22 bits per heavy atom. The van der Waals surface area contributed by atoms with Gasteiger partial charge in [0.15, 0.2) is 0 Å². The van der Waals surface area contributed by atoms with Crippen LogP contribution in [0.5, 0.6) is 11.5 Å². The summed E-state index contributed by atoms with van der Waals surface area (Å²) in [5.74, 6) is 1.33. The predicted molar refractivity (Wildman–Crippen MR) is 104 cm³/mol. The third-order valence-electron chi connectivity index (χ3n) is 3.67. The number of ether oxygens (including phenoxy) is 2. The summed E-state index contributed by atoms with van der Waals surface area (Å²) in [5.41, 5.74) is 1.69. The largest absolute Gasteiger partial charge is 0.497 e. The van der Waals surface area contributed by atoms with Gasteiger partial charge in [-0.05, 0) is 42.5 Å². The van der Waals surface area contributed by atoms with Gasteiger partial charge in [-0.3, -0.25) is 4.79 Å². The Bertz CT molecular complexity index is 931. The Hall–Kier alpha value is -3.32. The van der Waals surface area contributed by atoms with Crippen LogP contribution in [0.25, 0.3) is 0 Å². The van der Waals surface area contributed by atoms with Crippen LogP contribution in [0.15, 0.2) is 54.9 Å². The molecule has 1 aromatic heterocycles. The lowest BCUT2D eigenvalue weighted by Crippen LogP contribution is -2.13. The fraction of sp³-hybridized carbons (Fsp3) is 0.105. The minimum absolute atomic E-state index is 0.306. The molecule has 0 spiro atoms. The maximum Gasteiger partial charge on any atom is 0.258 e. The molecular formula is C19H17ClN4O3. The second-order valence-corrected chi connectivity index (χ2v) is 5.86. The van der Waals surface area contributed by atoms with Crippen LogP contribution in [0, 0.1) is 0 Å². The van der Waals surface area contributed by atoms with E-state index in [9.17, 15) is 4.79 Å². The first-order chi connectivity index (χ1) is 13.1. The average Bonchev–Trinajstić information content (AvgIpc) is 2.69. The van der Waals surface area contributed by atoms with E-state index in [0.29, 0.717) is 39.4 Å². The summed E-state index contributed by atoms with van der Waals surface area (Å²) in [6, 6.07) is 12.3. The number of benzene rings is 2. The zero-order chi connectivity index (χ0) is 19.2. The molecule has 1 heterocycles.